The second-order valence-corrected chi connectivity index (χ2v) is 8.01. The van der Waals surface area contributed by atoms with Crippen molar-refractivity contribution in [3.05, 3.63) is 46.8 Å². The second kappa shape index (κ2) is 6.68. The molecule has 144 valence electrons. The molecule has 0 bridgehead atoms. The maximum absolute atomic E-state index is 12.7. The average Bonchev–Trinajstić information content (AvgIpc) is 3.24. The lowest BCUT2D eigenvalue weighted by atomic mass is 9.59. The van der Waals surface area contributed by atoms with Crippen LogP contribution in [-0.4, -0.2) is 29.9 Å². The monoisotopic (exact) mass is 371 g/mol. The Kier molecular flexibility index (Phi) is 4.46. The number of esters is 1. The van der Waals surface area contributed by atoms with E-state index < -0.39 is 0 Å². The van der Waals surface area contributed by atoms with Gasteiger partial charge in [-0.15, -0.1) is 0 Å². The molecule has 1 aromatic carbocycles. The normalized spacial score (nSPS) is 25.6. The van der Waals surface area contributed by atoms with Crippen LogP contribution in [0.3, 0.4) is 0 Å². The van der Waals surface area contributed by atoms with Crippen LogP contribution >= 0.6 is 0 Å². The lowest BCUT2D eigenvalue weighted by Gasteiger charge is -2.53. The first kappa shape index (κ1) is 18.0. The van der Waals surface area contributed by atoms with Crippen LogP contribution in [0.25, 0.3) is 0 Å². The maximum Gasteiger partial charge on any atom is 0.338 e. The molecule has 1 aromatic heterocycles. The van der Waals surface area contributed by atoms with E-state index in [4.69, 9.17) is 18.7 Å². The largest absolute Gasteiger partial charge is 0.489 e. The maximum atomic E-state index is 12.7. The molecule has 0 amide bonds. The molecule has 4 rings (SSSR count). The third kappa shape index (κ3) is 3.12. The van der Waals surface area contributed by atoms with E-state index in [1.54, 1.807) is 18.2 Å². The zero-order valence-electron chi connectivity index (χ0n) is 16.2. The highest BCUT2D eigenvalue weighted by Gasteiger charge is 2.61. The first-order valence-electron chi connectivity index (χ1n) is 9.35. The van der Waals surface area contributed by atoms with Crippen LogP contribution in [0.5, 0.6) is 5.75 Å². The third-order valence-corrected chi connectivity index (χ3v) is 5.86. The summed E-state index contributed by atoms with van der Waals surface area (Å²) in [6, 6.07) is 7.09. The minimum Gasteiger partial charge on any atom is -0.489 e. The number of nitrogens with zero attached hydrogens (tertiary/aromatic N) is 1. The number of fused-ring (bicyclic) bond motifs is 1. The SMILES string of the molecule is Cc1noc(C)c1COc1cccc(C(=O)OC2C3CCOC3C2(C)C)c1. The van der Waals surface area contributed by atoms with Crippen LogP contribution in [0.15, 0.2) is 28.8 Å². The fourth-order valence-corrected chi connectivity index (χ4v) is 4.28. The predicted octanol–water partition coefficient (Wildman–Crippen LogP) is 3.84. The van der Waals surface area contributed by atoms with Gasteiger partial charge in [-0.2, -0.15) is 0 Å². The highest BCUT2D eigenvalue weighted by Crippen LogP contribution is 2.53. The summed E-state index contributed by atoms with van der Waals surface area (Å²) in [7, 11) is 0. The zero-order valence-corrected chi connectivity index (χ0v) is 16.2. The summed E-state index contributed by atoms with van der Waals surface area (Å²) in [5.41, 5.74) is 2.08. The Morgan fingerprint density at radius 3 is 2.89 bits per heavy atom. The van der Waals surface area contributed by atoms with Crippen molar-refractivity contribution in [2.45, 2.75) is 52.9 Å². The Balaban J connectivity index is 1.42. The molecule has 27 heavy (non-hydrogen) atoms. The Hall–Kier alpha value is -2.34. The molecule has 3 atom stereocenters. The Labute approximate surface area is 158 Å². The second-order valence-electron chi connectivity index (χ2n) is 8.01. The van der Waals surface area contributed by atoms with E-state index in [-0.39, 0.29) is 23.6 Å². The number of aryl methyl sites for hydroxylation is 2. The van der Waals surface area contributed by atoms with Crippen LogP contribution in [0.2, 0.25) is 0 Å². The Morgan fingerprint density at radius 2 is 2.15 bits per heavy atom. The molecule has 6 nitrogen and oxygen atoms in total. The molecule has 3 unspecified atom stereocenters. The number of hydrogen-bond acceptors (Lipinski definition) is 6. The molecule has 0 N–H and O–H groups in total. The molecule has 1 saturated heterocycles. The number of ether oxygens (including phenoxy) is 3. The smallest absolute Gasteiger partial charge is 0.338 e. The van der Waals surface area contributed by atoms with Gasteiger partial charge in [0.1, 0.15) is 24.2 Å². The van der Waals surface area contributed by atoms with Crippen molar-refractivity contribution >= 4 is 5.97 Å². The topological polar surface area (TPSA) is 70.8 Å². The van der Waals surface area contributed by atoms with Crippen molar-refractivity contribution < 1.29 is 23.5 Å². The summed E-state index contributed by atoms with van der Waals surface area (Å²) in [4.78, 5) is 12.7. The molecule has 1 aliphatic carbocycles. The minimum atomic E-state index is -0.318. The lowest BCUT2D eigenvalue weighted by Crippen LogP contribution is -2.61. The van der Waals surface area contributed by atoms with Gasteiger partial charge in [-0.25, -0.2) is 4.79 Å². The Bertz CT molecular complexity index is 837. The van der Waals surface area contributed by atoms with Crippen LogP contribution in [0.1, 0.15) is 47.6 Å². The van der Waals surface area contributed by atoms with E-state index in [0.29, 0.717) is 23.8 Å². The van der Waals surface area contributed by atoms with Gasteiger partial charge in [-0.1, -0.05) is 25.1 Å². The number of hydrogen-bond donors (Lipinski definition) is 0. The number of carbonyl (C=O) groups is 1. The molecule has 2 fully saturated rings. The van der Waals surface area contributed by atoms with Crippen LogP contribution < -0.4 is 4.74 Å². The van der Waals surface area contributed by atoms with Gasteiger partial charge in [0, 0.05) is 17.9 Å². The van der Waals surface area contributed by atoms with Crippen molar-refractivity contribution in [3.8, 4) is 5.75 Å². The molecular weight excluding hydrogens is 346 g/mol. The quantitative estimate of drug-likeness (QED) is 0.744. The first-order chi connectivity index (χ1) is 12.9. The van der Waals surface area contributed by atoms with E-state index in [1.165, 1.54) is 0 Å². The first-order valence-corrected chi connectivity index (χ1v) is 9.35. The fourth-order valence-electron chi connectivity index (χ4n) is 4.28. The molecule has 1 aliphatic heterocycles. The van der Waals surface area contributed by atoms with E-state index in [1.807, 2.05) is 19.9 Å². The van der Waals surface area contributed by atoms with E-state index >= 15 is 0 Å². The van der Waals surface area contributed by atoms with E-state index in [0.717, 1.165) is 30.0 Å². The summed E-state index contributed by atoms with van der Waals surface area (Å²) < 4.78 is 22.6. The predicted molar refractivity (Wildman–Crippen MR) is 97.6 cm³/mol. The van der Waals surface area contributed by atoms with Gasteiger partial charge < -0.3 is 18.7 Å². The molecule has 2 aliphatic rings. The number of carbonyl (C=O) groups excluding carboxylic acids is 1. The van der Waals surface area contributed by atoms with Gasteiger partial charge >= 0.3 is 5.97 Å². The molecule has 2 heterocycles. The standard InChI is InChI=1S/C21H25NO5/c1-12-17(13(2)27-22-12)11-25-15-7-5-6-14(10-15)20(23)26-19-16-8-9-24-18(16)21(19,3)4/h5-7,10,16,18-19H,8-9,11H2,1-4H3. The van der Waals surface area contributed by atoms with Crippen LogP contribution in [-0.2, 0) is 16.1 Å². The zero-order chi connectivity index (χ0) is 19.2. The summed E-state index contributed by atoms with van der Waals surface area (Å²) in [6.45, 7) is 9.02. The van der Waals surface area contributed by atoms with Gasteiger partial charge in [0.15, 0.2) is 0 Å². The summed E-state index contributed by atoms with van der Waals surface area (Å²) in [5, 5.41) is 3.92. The van der Waals surface area contributed by atoms with E-state index in [9.17, 15) is 4.79 Å². The number of rotatable bonds is 5. The van der Waals surface area contributed by atoms with Gasteiger partial charge in [0.25, 0.3) is 0 Å². The van der Waals surface area contributed by atoms with Crippen molar-refractivity contribution in [2.75, 3.05) is 6.61 Å². The van der Waals surface area contributed by atoms with Crippen molar-refractivity contribution in [1.82, 2.24) is 5.16 Å². The van der Waals surface area contributed by atoms with Crippen molar-refractivity contribution in [2.24, 2.45) is 11.3 Å². The third-order valence-electron chi connectivity index (χ3n) is 5.86. The van der Waals surface area contributed by atoms with Gasteiger partial charge in [0.05, 0.1) is 22.9 Å². The Morgan fingerprint density at radius 1 is 1.33 bits per heavy atom. The molecule has 1 saturated carbocycles. The van der Waals surface area contributed by atoms with Crippen molar-refractivity contribution in [1.29, 1.82) is 0 Å². The minimum absolute atomic E-state index is 0.107. The molecular formula is C21H25NO5. The van der Waals surface area contributed by atoms with E-state index in [2.05, 4.69) is 19.0 Å². The highest BCUT2D eigenvalue weighted by atomic mass is 16.6. The average molecular weight is 371 g/mol. The van der Waals surface area contributed by atoms with Crippen LogP contribution in [0, 0.1) is 25.2 Å². The van der Waals surface area contributed by atoms with Gasteiger partial charge in [0.2, 0.25) is 0 Å². The highest BCUT2D eigenvalue weighted by molar-refractivity contribution is 5.90. The summed E-state index contributed by atoms with van der Waals surface area (Å²) in [6.07, 6.45) is 1.04. The number of aromatic nitrogens is 1. The fraction of sp³-hybridized carbons (Fsp3) is 0.524. The van der Waals surface area contributed by atoms with Gasteiger partial charge in [-0.3, -0.25) is 0 Å². The summed E-state index contributed by atoms with van der Waals surface area (Å²) in [5.74, 6) is 1.34. The number of benzene rings is 1. The molecule has 6 heteroatoms. The molecule has 0 spiro atoms. The molecule has 2 aromatic rings. The molecule has 0 radical (unpaired) electrons. The summed E-state index contributed by atoms with van der Waals surface area (Å²) >= 11 is 0. The van der Waals surface area contributed by atoms with Crippen molar-refractivity contribution in [3.63, 3.8) is 0 Å². The lowest BCUT2D eigenvalue weighted by molar-refractivity contribution is -0.183. The van der Waals surface area contributed by atoms with Crippen LogP contribution in [0.4, 0.5) is 0 Å². The van der Waals surface area contributed by atoms with Gasteiger partial charge in [-0.05, 0) is 38.5 Å².